The zero-order chi connectivity index (χ0) is 28.9. The maximum absolute atomic E-state index is 15.3. The molecule has 39 heavy (non-hydrogen) atoms. The second kappa shape index (κ2) is 11.5. The van der Waals surface area contributed by atoms with Gasteiger partial charge in [-0.25, -0.2) is 4.39 Å². The van der Waals surface area contributed by atoms with E-state index in [2.05, 4.69) is 20.9 Å². The monoisotopic (exact) mass is 669 g/mol. The highest BCUT2D eigenvalue weighted by Crippen LogP contribution is 2.56. The first kappa shape index (κ1) is 30.6. The quantitative estimate of drug-likeness (QED) is 0.180. The molecule has 0 bridgehead atoms. The van der Waals surface area contributed by atoms with Gasteiger partial charge >= 0.3 is 12.1 Å². The Labute approximate surface area is 248 Å². The molecule has 2 aromatic rings. The van der Waals surface area contributed by atoms with E-state index < -0.39 is 41.4 Å². The Hall–Kier alpha value is -1.35. The molecule has 1 heterocycles. The maximum atomic E-state index is 15.3. The molecular weight excluding hydrogens is 645 g/mol. The third kappa shape index (κ3) is 5.73. The fraction of sp³-hybridized carbons (Fsp3) is 0.500. The molecule has 4 rings (SSSR count). The lowest BCUT2D eigenvalue weighted by Gasteiger charge is -2.40. The van der Waals surface area contributed by atoms with Crippen molar-refractivity contribution in [3.05, 3.63) is 66.8 Å². The van der Waals surface area contributed by atoms with Crippen LogP contribution in [0.3, 0.4) is 0 Å². The Morgan fingerprint density at radius 2 is 1.77 bits per heavy atom. The van der Waals surface area contributed by atoms with Crippen LogP contribution in [0.25, 0.3) is 0 Å². The lowest BCUT2D eigenvalue weighted by Crippen LogP contribution is -2.53. The van der Waals surface area contributed by atoms with E-state index in [-0.39, 0.29) is 48.4 Å². The topological polar surface area (TPSA) is 38.7 Å². The van der Waals surface area contributed by atoms with Crippen LogP contribution in [0, 0.1) is 29.5 Å². The fourth-order valence-corrected chi connectivity index (χ4v) is 6.83. The smallest absolute Gasteiger partial charge is 0.404 e. The number of aliphatic imine (C=N–C) groups is 1. The molecule has 3 nitrogen and oxygen atoms in total. The zero-order valence-electron chi connectivity index (χ0n) is 21.3. The minimum atomic E-state index is -5.01. The van der Waals surface area contributed by atoms with Crippen LogP contribution >= 0.6 is 50.7 Å². The number of carbonyl (C=O) groups excluding carboxylic acids is 1. The van der Waals surface area contributed by atoms with E-state index in [9.17, 15) is 9.18 Å². The van der Waals surface area contributed by atoms with Gasteiger partial charge < -0.3 is 4.74 Å². The lowest BCUT2D eigenvalue weighted by atomic mass is 9.68. The predicted molar refractivity (Wildman–Crippen MR) is 149 cm³/mol. The molecule has 0 spiro atoms. The van der Waals surface area contributed by atoms with Crippen molar-refractivity contribution in [3.63, 3.8) is 0 Å². The molecule has 1 fully saturated rings. The molecule has 5 unspecified atom stereocenters. The number of esters is 1. The number of benzene rings is 2. The highest BCUT2D eigenvalue weighted by Gasteiger charge is 2.67. The largest absolute Gasteiger partial charge is 0.462 e. The van der Waals surface area contributed by atoms with Crippen molar-refractivity contribution in [2.75, 3.05) is 0 Å². The van der Waals surface area contributed by atoms with Crippen molar-refractivity contribution in [3.8, 4) is 0 Å². The third-order valence-corrected chi connectivity index (χ3v) is 9.75. The molecule has 0 N–H and O–H groups in total. The first-order valence-corrected chi connectivity index (χ1v) is 14.5. The average Bonchev–Trinajstić information content (AvgIpc) is 3.26. The Morgan fingerprint density at radius 1 is 1.13 bits per heavy atom. The van der Waals surface area contributed by atoms with Crippen LogP contribution in [0.1, 0.15) is 57.2 Å². The van der Waals surface area contributed by atoms with Gasteiger partial charge in [0, 0.05) is 6.21 Å². The summed E-state index contributed by atoms with van der Waals surface area (Å²) in [5.74, 6) is -3.09. The van der Waals surface area contributed by atoms with Gasteiger partial charge in [-0.2, -0.15) is 13.2 Å². The van der Waals surface area contributed by atoms with Crippen molar-refractivity contribution in [2.45, 2.75) is 63.8 Å². The van der Waals surface area contributed by atoms with E-state index in [0.29, 0.717) is 6.42 Å². The Balaban J connectivity index is 1.88. The molecule has 0 saturated heterocycles. The number of ether oxygens (including phenoxy) is 1. The van der Waals surface area contributed by atoms with E-state index >= 15 is 13.2 Å². The molecule has 0 amide bonds. The normalized spacial score (nSPS) is 29.2. The number of alkyl halides is 3. The number of rotatable bonds is 5. The molecular formula is C28H27BrCl3F4NO2. The number of hydrogen-bond donors (Lipinski definition) is 0. The molecule has 1 aliphatic heterocycles. The van der Waals surface area contributed by atoms with Gasteiger partial charge in [-0.3, -0.25) is 9.79 Å². The summed E-state index contributed by atoms with van der Waals surface area (Å²) in [5.41, 5.74) is -3.10. The van der Waals surface area contributed by atoms with E-state index in [1.807, 2.05) is 20.8 Å². The fourth-order valence-electron chi connectivity index (χ4n) is 5.84. The minimum absolute atomic E-state index is 0.00518. The number of nitrogens with zero attached hydrogens (tertiary/aromatic N) is 1. The summed E-state index contributed by atoms with van der Waals surface area (Å²) >= 11 is 21.5. The van der Waals surface area contributed by atoms with Crippen LogP contribution in [-0.2, 0) is 14.9 Å². The summed E-state index contributed by atoms with van der Waals surface area (Å²) in [5, 5.41) is -0.502. The van der Waals surface area contributed by atoms with Crippen molar-refractivity contribution >= 4 is 62.9 Å². The summed E-state index contributed by atoms with van der Waals surface area (Å²) in [4.78, 5) is 18.2. The highest BCUT2D eigenvalue weighted by molar-refractivity contribution is 9.10. The molecule has 1 saturated carbocycles. The van der Waals surface area contributed by atoms with E-state index in [4.69, 9.17) is 39.5 Å². The standard InChI is InChI=1S/C28H27BrCl3F4NO2/c1-13(2)17-6-4-14(3)8-22(17)39-26(38)23-25(15-5-7-21(33)18(29)9-15)37-12-27(23,28(34,35)36)16-10-19(30)24(32)20(31)11-16/h5,7,9-14,17,22-23,25H,4,6,8H2,1-3H3/t14?,17?,22-,23?,25?,27?/m1/s1. The second-order valence-electron chi connectivity index (χ2n) is 10.8. The zero-order valence-corrected chi connectivity index (χ0v) is 25.2. The molecule has 6 atom stereocenters. The second-order valence-corrected chi connectivity index (χ2v) is 12.8. The maximum Gasteiger partial charge on any atom is 0.404 e. The van der Waals surface area contributed by atoms with Crippen LogP contribution in [0.5, 0.6) is 0 Å². The summed E-state index contributed by atoms with van der Waals surface area (Å²) in [6.45, 7) is 6.06. The van der Waals surface area contributed by atoms with Crippen LogP contribution in [0.15, 0.2) is 39.8 Å². The molecule has 2 aliphatic rings. The van der Waals surface area contributed by atoms with Gasteiger partial charge in [0.25, 0.3) is 0 Å². The van der Waals surface area contributed by atoms with Gasteiger partial charge in [-0.05, 0) is 81.9 Å². The van der Waals surface area contributed by atoms with Gasteiger partial charge in [0.05, 0.1) is 25.6 Å². The Morgan fingerprint density at radius 3 is 2.33 bits per heavy atom. The van der Waals surface area contributed by atoms with Gasteiger partial charge in [0.1, 0.15) is 23.3 Å². The highest BCUT2D eigenvalue weighted by atomic mass is 79.9. The molecule has 11 heteroatoms. The summed E-state index contributed by atoms with van der Waals surface area (Å²) in [6.07, 6.45) is -2.54. The first-order valence-electron chi connectivity index (χ1n) is 12.6. The van der Waals surface area contributed by atoms with Crippen LogP contribution < -0.4 is 0 Å². The van der Waals surface area contributed by atoms with E-state index in [1.165, 1.54) is 12.1 Å². The summed E-state index contributed by atoms with van der Waals surface area (Å²) in [6, 6.07) is 4.54. The van der Waals surface area contributed by atoms with Crippen molar-refractivity contribution in [1.29, 1.82) is 0 Å². The average molecular weight is 672 g/mol. The Kier molecular flexibility index (Phi) is 9.02. The first-order chi connectivity index (χ1) is 18.2. The van der Waals surface area contributed by atoms with Crippen molar-refractivity contribution in [2.24, 2.45) is 28.7 Å². The van der Waals surface area contributed by atoms with Gasteiger partial charge in [-0.15, -0.1) is 0 Å². The number of hydrogen-bond acceptors (Lipinski definition) is 3. The van der Waals surface area contributed by atoms with Crippen LogP contribution in [0.2, 0.25) is 15.1 Å². The van der Waals surface area contributed by atoms with Gasteiger partial charge in [0.2, 0.25) is 0 Å². The summed E-state index contributed by atoms with van der Waals surface area (Å²) in [7, 11) is 0. The van der Waals surface area contributed by atoms with Crippen LogP contribution in [0.4, 0.5) is 17.6 Å². The van der Waals surface area contributed by atoms with Gasteiger partial charge in [0.15, 0.2) is 0 Å². The van der Waals surface area contributed by atoms with Crippen molar-refractivity contribution in [1.82, 2.24) is 0 Å². The predicted octanol–water partition coefficient (Wildman–Crippen LogP) is 9.79. The van der Waals surface area contributed by atoms with Crippen molar-refractivity contribution < 1.29 is 27.1 Å². The number of halogens is 8. The lowest BCUT2D eigenvalue weighted by molar-refractivity contribution is -0.197. The van der Waals surface area contributed by atoms with E-state index in [0.717, 1.165) is 37.3 Å². The van der Waals surface area contributed by atoms with Crippen LogP contribution in [-0.4, -0.2) is 24.5 Å². The molecule has 0 aromatic heterocycles. The molecule has 0 radical (unpaired) electrons. The molecule has 2 aromatic carbocycles. The SMILES string of the molecule is CC1CCC(C(C)C)[C@H](OC(=O)C2C(c3ccc(F)c(Br)c3)N=CC2(c2cc(Cl)c(Cl)c(Cl)c2)C(F)(F)F)C1. The third-order valence-electron chi connectivity index (χ3n) is 7.94. The molecule has 212 valence electrons. The van der Waals surface area contributed by atoms with E-state index in [1.54, 1.807) is 0 Å². The summed E-state index contributed by atoms with van der Waals surface area (Å²) < 4.78 is 65.9. The van der Waals surface area contributed by atoms with Gasteiger partial charge in [-0.1, -0.05) is 68.1 Å². The molecule has 1 aliphatic carbocycles. The Bertz CT molecular complexity index is 1260. The number of carbonyl (C=O) groups is 1. The minimum Gasteiger partial charge on any atom is -0.462 e.